The lowest BCUT2D eigenvalue weighted by Crippen LogP contribution is -2.26. The number of hydrogen-bond acceptors (Lipinski definition) is 5. The van der Waals surface area contributed by atoms with Gasteiger partial charge in [-0.1, -0.05) is 24.3 Å². The predicted molar refractivity (Wildman–Crippen MR) is 119 cm³/mol. The zero-order chi connectivity index (χ0) is 22.8. The number of hydrogen-bond donors (Lipinski definition) is 1. The van der Waals surface area contributed by atoms with E-state index in [1.165, 1.54) is 5.56 Å². The molecule has 6 nitrogen and oxygen atoms in total. The van der Waals surface area contributed by atoms with Gasteiger partial charge in [-0.3, -0.25) is 9.78 Å². The van der Waals surface area contributed by atoms with Crippen molar-refractivity contribution >= 4 is 11.9 Å². The van der Waals surface area contributed by atoms with Crippen LogP contribution in [0.2, 0.25) is 0 Å². The summed E-state index contributed by atoms with van der Waals surface area (Å²) in [5.41, 5.74) is 3.46. The summed E-state index contributed by atoms with van der Waals surface area (Å²) < 4.78 is 5.46. The minimum atomic E-state index is -1.06. The molecule has 0 unspecified atom stereocenters. The van der Waals surface area contributed by atoms with Gasteiger partial charge in [0.05, 0.1) is 17.1 Å². The molecule has 0 amide bonds. The van der Waals surface area contributed by atoms with Crippen LogP contribution in [0.5, 0.6) is 0 Å². The fourth-order valence-corrected chi connectivity index (χ4v) is 4.34. The Hall–Kier alpha value is -2.76. The Morgan fingerprint density at radius 2 is 1.61 bits per heavy atom. The van der Waals surface area contributed by atoms with Crippen molar-refractivity contribution in [2.24, 2.45) is 5.92 Å². The summed E-state index contributed by atoms with van der Waals surface area (Å²) in [6, 6.07) is 8.21. The van der Waals surface area contributed by atoms with Crippen LogP contribution in [0.25, 0.3) is 11.3 Å². The van der Waals surface area contributed by atoms with E-state index in [9.17, 15) is 14.7 Å². The molecule has 1 heterocycles. The van der Waals surface area contributed by atoms with E-state index in [1.807, 2.05) is 39.8 Å². The molecule has 6 heteroatoms. The van der Waals surface area contributed by atoms with Crippen LogP contribution in [0.3, 0.4) is 0 Å². The minimum absolute atomic E-state index is 0.00649. The molecule has 0 atom stereocenters. The summed E-state index contributed by atoms with van der Waals surface area (Å²) in [5.74, 6) is -0.296. The third-order valence-electron chi connectivity index (χ3n) is 5.82. The summed E-state index contributed by atoms with van der Waals surface area (Å²) >= 11 is 0. The van der Waals surface area contributed by atoms with E-state index in [-0.39, 0.29) is 11.7 Å². The van der Waals surface area contributed by atoms with Crippen LogP contribution < -0.4 is 0 Å². The molecule has 1 N–H and O–H groups in total. The van der Waals surface area contributed by atoms with Gasteiger partial charge >= 0.3 is 11.9 Å². The number of aryl methyl sites for hydroxylation is 2. The lowest BCUT2D eigenvalue weighted by Gasteiger charge is -2.29. The number of esters is 1. The van der Waals surface area contributed by atoms with Gasteiger partial charge in [0.1, 0.15) is 5.60 Å². The number of carboxylic acids is 1. The number of carbonyl (C=O) groups excluding carboxylic acids is 1. The number of nitrogens with zero attached hydrogens (tertiary/aromatic N) is 2. The molecule has 1 saturated carbocycles. The quantitative estimate of drug-likeness (QED) is 0.641. The molecular weight excluding hydrogens is 392 g/mol. The second-order valence-electron chi connectivity index (χ2n) is 9.53. The molecule has 31 heavy (non-hydrogen) atoms. The molecule has 0 spiro atoms. The van der Waals surface area contributed by atoms with Gasteiger partial charge in [-0.2, -0.15) is 0 Å². The number of ether oxygens (including phenoxy) is 1. The van der Waals surface area contributed by atoms with Gasteiger partial charge in [-0.25, -0.2) is 9.78 Å². The molecule has 0 radical (unpaired) electrons. The van der Waals surface area contributed by atoms with Gasteiger partial charge in [0.15, 0.2) is 5.69 Å². The summed E-state index contributed by atoms with van der Waals surface area (Å²) in [6.07, 6.45) is 4.66. The monoisotopic (exact) mass is 424 g/mol. The smallest absolute Gasteiger partial charge is 0.356 e. The summed E-state index contributed by atoms with van der Waals surface area (Å²) in [7, 11) is 0. The molecule has 1 aliphatic rings. The Bertz CT molecular complexity index is 953. The standard InChI is InChI=1S/C25H32N2O4/c1-15-22(27-23(24(29)30)16(2)26-15)20-12-10-19(11-13-20)18-8-6-17(7-9-18)14-21(28)31-25(3,4)5/h10-13,17-18H,6-9,14H2,1-5H3,(H,29,30)/t17-,18-. The van der Waals surface area contributed by atoms with Crippen molar-refractivity contribution in [2.45, 2.75) is 78.2 Å². The van der Waals surface area contributed by atoms with E-state index in [0.29, 0.717) is 29.6 Å². The summed E-state index contributed by atoms with van der Waals surface area (Å²) in [5, 5.41) is 9.34. The van der Waals surface area contributed by atoms with Crippen molar-refractivity contribution < 1.29 is 19.4 Å². The van der Waals surface area contributed by atoms with Gasteiger partial charge in [-0.05, 0) is 77.7 Å². The van der Waals surface area contributed by atoms with E-state index in [2.05, 4.69) is 22.1 Å². The molecule has 1 fully saturated rings. The largest absolute Gasteiger partial charge is 0.476 e. The van der Waals surface area contributed by atoms with Crippen molar-refractivity contribution in [3.8, 4) is 11.3 Å². The van der Waals surface area contributed by atoms with Gasteiger partial charge in [-0.15, -0.1) is 0 Å². The van der Waals surface area contributed by atoms with Gasteiger partial charge in [0, 0.05) is 12.0 Å². The molecule has 0 bridgehead atoms. The highest BCUT2D eigenvalue weighted by Gasteiger charge is 2.26. The molecule has 0 aliphatic heterocycles. The Morgan fingerprint density at radius 1 is 1.00 bits per heavy atom. The molecule has 2 aromatic rings. The van der Waals surface area contributed by atoms with Crippen LogP contribution in [-0.4, -0.2) is 32.6 Å². The van der Waals surface area contributed by atoms with Gasteiger partial charge in [0.25, 0.3) is 0 Å². The predicted octanol–water partition coefficient (Wildman–Crippen LogP) is 5.46. The first-order valence-electron chi connectivity index (χ1n) is 10.9. The number of aromatic nitrogens is 2. The van der Waals surface area contributed by atoms with Crippen molar-refractivity contribution in [3.05, 3.63) is 46.9 Å². The zero-order valence-corrected chi connectivity index (χ0v) is 19.1. The number of benzene rings is 1. The van der Waals surface area contributed by atoms with Gasteiger partial charge < -0.3 is 9.84 Å². The maximum atomic E-state index is 12.1. The molecule has 1 aliphatic carbocycles. The molecule has 166 valence electrons. The normalized spacial score (nSPS) is 19.1. The van der Waals surface area contributed by atoms with Crippen LogP contribution >= 0.6 is 0 Å². The SMILES string of the molecule is Cc1nc(C)c(-c2ccc([C@H]3CC[C@H](CC(=O)OC(C)(C)C)CC3)cc2)nc1C(=O)O. The Kier molecular flexibility index (Phi) is 6.77. The second-order valence-corrected chi connectivity index (χ2v) is 9.53. The molecular formula is C25H32N2O4. The first-order chi connectivity index (χ1) is 14.5. The highest BCUT2D eigenvalue weighted by molar-refractivity contribution is 5.87. The molecule has 3 rings (SSSR count). The maximum Gasteiger partial charge on any atom is 0.356 e. The number of aromatic carboxylic acids is 1. The highest BCUT2D eigenvalue weighted by atomic mass is 16.6. The van der Waals surface area contributed by atoms with Crippen molar-refractivity contribution in [1.82, 2.24) is 9.97 Å². The molecule has 1 aromatic heterocycles. The van der Waals surface area contributed by atoms with Crippen molar-refractivity contribution in [1.29, 1.82) is 0 Å². The fraction of sp³-hybridized carbons (Fsp3) is 0.520. The number of carbonyl (C=O) groups is 2. The Labute approximate surface area is 184 Å². The minimum Gasteiger partial charge on any atom is -0.476 e. The lowest BCUT2D eigenvalue weighted by atomic mass is 9.77. The highest BCUT2D eigenvalue weighted by Crippen LogP contribution is 2.38. The van der Waals surface area contributed by atoms with Crippen LogP contribution in [0.4, 0.5) is 0 Å². The first kappa shape index (κ1) is 22.9. The number of rotatable bonds is 5. The van der Waals surface area contributed by atoms with Crippen molar-refractivity contribution in [2.75, 3.05) is 0 Å². The molecule has 1 aromatic carbocycles. The Balaban J connectivity index is 1.64. The van der Waals surface area contributed by atoms with E-state index in [0.717, 1.165) is 36.9 Å². The van der Waals surface area contributed by atoms with Crippen LogP contribution in [-0.2, 0) is 9.53 Å². The third-order valence-corrected chi connectivity index (χ3v) is 5.82. The first-order valence-corrected chi connectivity index (χ1v) is 10.9. The zero-order valence-electron chi connectivity index (χ0n) is 19.1. The average molecular weight is 425 g/mol. The lowest BCUT2D eigenvalue weighted by molar-refractivity contribution is -0.156. The molecule has 0 saturated heterocycles. The topological polar surface area (TPSA) is 89.4 Å². The van der Waals surface area contributed by atoms with E-state index >= 15 is 0 Å². The number of carboxylic acid groups (broad SMARTS) is 1. The fourth-order valence-electron chi connectivity index (χ4n) is 4.34. The van der Waals surface area contributed by atoms with Gasteiger partial charge in [0.2, 0.25) is 0 Å². The van der Waals surface area contributed by atoms with E-state index in [1.54, 1.807) is 6.92 Å². The van der Waals surface area contributed by atoms with Crippen molar-refractivity contribution in [3.63, 3.8) is 0 Å². The average Bonchev–Trinajstić information content (AvgIpc) is 2.67. The van der Waals surface area contributed by atoms with E-state index in [4.69, 9.17) is 4.74 Å². The van der Waals surface area contributed by atoms with Crippen LogP contribution in [0, 0.1) is 19.8 Å². The van der Waals surface area contributed by atoms with E-state index < -0.39 is 11.6 Å². The maximum absolute atomic E-state index is 12.1. The van der Waals surface area contributed by atoms with Crippen LogP contribution in [0.15, 0.2) is 24.3 Å². The van der Waals surface area contributed by atoms with Crippen LogP contribution in [0.1, 0.15) is 86.2 Å². The second kappa shape index (κ2) is 9.16. The third kappa shape index (κ3) is 5.90. The summed E-state index contributed by atoms with van der Waals surface area (Å²) in [4.78, 5) is 32.2. The Morgan fingerprint density at radius 3 is 2.16 bits per heavy atom. The summed E-state index contributed by atoms with van der Waals surface area (Å²) in [6.45, 7) is 9.21.